The molecule has 0 unspecified atom stereocenters. The lowest BCUT2D eigenvalue weighted by atomic mass is 10.1. The van der Waals surface area contributed by atoms with Gasteiger partial charge in [-0.3, -0.25) is 4.79 Å². The van der Waals surface area contributed by atoms with Crippen molar-refractivity contribution in [2.75, 3.05) is 44.6 Å². The van der Waals surface area contributed by atoms with Crippen LogP contribution in [0.2, 0.25) is 0 Å². The normalized spacial score (nSPS) is 16.0. The minimum absolute atomic E-state index is 0.121. The zero-order chi connectivity index (χ0) is 15.2. The van der Waals surface area contributed by atoms with Gasteiger partial charge in [0.2, 0.25) is 0 Å². The monoisotopic (exact) mass is 290 g/mol. The summed E-state index contributed by atoms with van der Waals surface area (Å²) in [4.78, 5) is 21.4. The van der Waals surface area contributed by atoms with Gasteiger partial charge < -0.3 is 15.1 Å². The molecule has 1 amide bonds. The van der Waals surface area contributed by atoms with E-state index in [1.807, 2.05) is 24.0 Å². The standard InChI is InChI=1S/C16H26N4O/c1-4-6-17-15-12-14(11-13(3)18-15)16(21)20-9-7-19(5-2)8-10-20/h11-12H,4-10H2,1-3H3,(H,17,18). The molecule has 1 aliphatic rings. The largest absolute Gasteiger partial charge is 0.370 e. The van der Waals surface area contributed by atoms with Gasteiger partial charge >= 0.3 is 0 Å². The first kappa shape index (κ1) is 15.8. The van der Waals surface area contributed by atoms with E-state index in [1.54, 1.807) is 0 Å². The van der Waals surface area contributed by atoms with Crippen LogP contribution in [0.1, 0.15) is 36.3 Å². The molecule has 1 aromatic rings. The molecular formula is C16H26N4O. The lowest BCUT2D eigenvalue weighted by Crippen LogP contribution is -2.48. The molecule has 2 rings (SSSR count). The number of carbonyl (C=O) groups is 1. The molecule has 0 spiro atoms. The number of aryl methyl sites for hydroxylation is 1. The van der Waals surface area contributed by atoms with E-state index in [2.05, 4.69) is 29.0 Å². The number of anilines is 1. The van der Waals surface area contributed by atoms with Gasteiger partial charge in [0.15, 0.2) is 0 Å². The molecule has 1 aromatic heterocycles. The second-order valence-electron chi connectivity index (χ2n) is 5.54. The number of carbonyl (C=O) groups excluding carboxylic acids is 1. The molecule has 0 radical (unpaired) electrons. The fraction of sp³-hybridized carbons (Fsp3) is 0.625. The topological polar surface area (TPSA) is 48.5 Å². The highest BCUT2D eigenvalue weighted by Crippen LogP contribution is 2.14. The Morgan fingerprint density at radius 2 is 1.95 bits per heavy atom. The summed E-state index contributed by atoms with van der Waals surface area (Å²) in [5, 5.41) is 3.26. The van der Waals surface area contributed by atoms with Gasteiger partial charge in [-0.15, -0.1) is 0 Å². The van der Waals surface area contributed by atoms with Crippen molar-refractivity contribution < 1.29 is 4.79 Å². The molecule has 0 atom stereocenters. The predicted octanol–water partition coefficient (Wildman–Crippen LogP) is 1.99. The molecule has 0 aliphatic carbocycles. The van der Waals surface area contributed by atoms with Gasteiger partial charge in [-0.2, -0.15) is 0 Å². The number of nitrogens with zero attached hydrogens (tertiary/aromatic N) is 3. The Balaban J connectivity index is 2.06. The van der Waals surface area contributed by atoms with Crippen molar-refractivity contribution >= 4 is 11.7 Å². The molecule has 1 fully saturated rings. The summed E-state index contributed by atoms with van der Waals surface area (Å²) in [6.45, 7) is 11.7. The first-order valence-corrected chi connectivity index (χ1v) is 7.88. The van der Waals surface area contributed by atoms with Gasteiger partial charge in [0.05, 0.1) is 0 Å². The van der Waals surface area contributed by atoms with Crippen LogP contribution in [0.25, 0.3) is 0 Å². The number of amides is 1. The number of pyridine rings is 1. The van der Waals surface area contributed by atoms with Crippen LogP contribution < -0.4 is 5.32 Å². The Kier molecular flexibility index (Phi) is 5.56. The molecule has 0 bridgehead atoms. The number of piperazine rings is 1. The fourth-order valence-electron chi connectivity index (χ4n) is 2.59. The number of aromatic nitrogens is 1. The van der Waals surface area contributed by atoms with E-state index in [-0.39, 0.29) is 5.91 Å². The highest BCUT2D eigenvalue weighted by Gasteiger charge is 2.21. The molecule has 21 heavy (non-hydrogen) atoms. The third kappa shape index (κ3) is 4.17. The number of nitrogens with one attached hydrogen (secondary N) is 1. The highest BCUT2D eigenvalue weighted by atomic mass is 16.2. The average Bonchev–Trinajstić information content (AvgIpc) is 2.51. The van der Waals surface area contributed by atoms with Gasteiger partial charge in [-0.1, -0.05) is 13.8 Å². The highest BCUT2D eigenvalue weighted by molar-refractivity contribution is 5.95. The lowest BCUT2D eigenvalue weighted by molar-refractivity contribution is 0.0643. The van der Waals surface area contributed by atoms with Gasteiger partial charge in [0.1, 0.15) is 5.82 Å². The number of likely N-dealkylation sites (N-methyl/N-ethyl adjacent to an activating group) is 1. The van der Waals surface area contributed by atoms with Gasteiger partial charge in [0.25, 0.3) is 5.91 Å². The zero-order valence-corrected chi connectivity index (χ0v) is 13.4. The van der Waals surface area contributed by atoms with Crippen LogP contribution in [0, 0.1) is 6.92 Å². The van der Waals surface area contributed by atoms with Crippen LogP contribution in [0.15, 0.2) is 12.1 Å². The molecule has 116 valence electrons. The van der Waals surface area contributed by atoms with Crippen LogP contribution in [-0.2, 0) is 0 Å². The van der Waals surface area contributed by atoms with Crippen molar-refractivity contribution in [2.24, 2.45) is 0 Å². The molecule has 1 saturated heterocycles. The summed E-state index contributed by atoms with van der Waals surface area (Å²) in [7, 11) is 0. The molecule has 0 saturated carbocycles. The summed E-state index contributed by atoms with van der Waals surface area (Å²) in [6.07, 6.45) is 1.04. The summed E-state index contributed by atoms with van der Waals surface area (Å²) >= 11 is 0. The van der Waals surface area contributed by atoms with Crippen LogP contribution in [-0.4, -0.2) is 60.0 Å². The quantitative estimate of drug-likeness (QED) is 0.901. The molecule has 5 heteroatoms. The van der Waals surface area contributed by atoms with Crippen molar-refractivity contribution in [1.29, 1.82) is 0 Å². The summed E-state index contributed by atoms with van der Waals surface area (Å²) in [5.41, 5.74) is 1.62. The maximum absolute atomic E-state index is 12.6. The van der Waals surface area contributed by atoms with Gasteiger partial charge in [-0.25, -0.2) is 4.98 Å². The van der Waals surface area contributed by atoms with E-state index in [4.69, 9.17) is 0 Å². The molecule has 2 heterocycles. The first-order valence-electron chi connectivity index (χ1n) is 7.88. The van der Waals surface area contributed by atoms with E-state index in [0.29, 0.717) is 0 Å². The lowest BCUT2D eigenvalue weighted by Gasteiger charge is -2.34. The van der Waals surface area contributed by atoms with Crippen LogP contribution >= 0.6 is 0 Å². The smallest absolute Gasteiger partial charge is 0.254 e. The Hall–Kier alpha value is -1.62. The molecule has 5 nitrogen and oxygen atoms in total. The van der Waals surface area contributed by atoms with Crippen molar-refractivity contribution in [3.63, 3.8) is 0 Å². The van der Waals surface area contributed by atoms with Crippen LogP contribution in [0.3, 0.4) is 0 Å². The third-order valence-corrected chi connectivity index (χ3v) is 3.86. The van der Waals surface area contributed by atoms with E-state index in [9.17, 15) is 4.79 Å². The third-order valence-electron chi connectivity index (χ3n) is 3.86. The Morgan fingerprint density at radius 3 is 2.57 bits per heavy atom. The van der Waals surface area contributed by atoms with E-state index < -0.39 is 0 Å². The van der Waals surface area contributed by atoms with Gasteiger partial charge in [0, 0.05) is 44.0 Å². The van der Waals surface area contributed by atoms with Crippen LogP contribution in [0.4, 0.5) is 5.82 Å². The fourth-order valence-corrected chi connectivity index (χ4v) is 2.59. The van der Waals surface area contributed by atoms with Crippen molar-refractivity contribution in [3.8, 4) is 0 Å². The molecule has 0 aromatic carbocycles. The minimum atomic E-state index is 0.121. The summed E-state index contributed by atoms with van der Waals surface area (Å²) in [6, 6.07) is 3.75. The predicted molar refractivity (Wildman–Crippen MR) is 85.8 cm³/mol. The van der Waals surface area contributed by atoms with E-state index >= 15 is 0 Å². The van der Waals surface area contributed by atoms with Crippen molar-refractivity contribution in [1.82, 2.24) is 14.8 Å². The SMILES string of the molecule is CCCNc1cc(C(=O)N2CCN(CC)CC2)cc(C)n1. The Morgan fingerprint density at radius 1 is 1.24 bits per heavy atom. The number of hydrogen-bond acceptors (Lipinski definition) is 4. The van der Waals surface area contributed by atoms with E-state index in [1.165, 1.54) is 0 Å². The van der Waals surface area contributed by atoms with E-state index in [0.717, 1.165) is 62.8 Å². The Labute approximate surface area is 127 Å². The zero-order valence-electron chi connectivity index (χ0n) is 13.4. The van der Waals surface area contributed by atoms with Crippen LogP contribution in [0.5, 0.6) is 0 Å². The molecule has 1 aliphatic heterocycles. The van der Waals surface area contributed by atoms with Crippen molar-refractivity contribution in [3.05, 3.63) is 23.4 Å². The number of hydrogen-bond donors (Lipinski definition) is 1. The maximum Gasteiger partial charge on any atom is 0.254 e. The van der Waals surface area contributed by atoms with Gasteiger partial charge in [-0.05, 0) is 32.0 Å². The number of rotatable bonds is 5. The second kappa shape index (κ2) is 7.41. The summed E-state index contributed by atoms with van der Waals surface area (Å²) < 4.78 is 0. The minimum Gasteiger partial charge on any atom is -0.370 e. The molecule has 1 N–H and O–H groups in total. The maximum atomic E-state index is 12.6. The molecular weight excluding hydrogens is 264 g/mol. The first-order chi connectivity index (χ1) is 10.1. The Bertz CT molecular complexity index is 481. The van der Waals surface area contributed by atoms with Crippen molar-refractivity contribution in [2.45, 2.75) is 27.2 Å². The summed E-state index contributed by atoms with van der Waals surface area (Å²) in [5.74, 6) is 0.920. The average molecular weight is 290 g/mol. The second-order valence-corrected chi connectivity index (χ2v) is 5.54.